The molecule has 3 nitrogen and oxygen atoms in total. The number of anilines is 1. The fraction of sp³-hybridized carbons (Fsp3) is 0.462. The van der Waals surface area contributed by atoms with Crippen LogP contribution >= 0.6 is 0 Å². The van der Waals surface area contributed by atoms with Gasteiger partial charge in [0.2, 0.25) is 5.91 Å². The molecule has 1 aliphatic rings. The summed E-state index contributed by atoms with van der Waals surface area (Å²) in [6.07, 6.45) is 0.509. The maximum atomic E-state index is 13.5. The van der Waals surface area contributed by atoms with Gasteiger partial charge in [-0.2, -0.15) is 0 Å². The Morgan fingerprint density at radius 2 is 1.84 bits per heavy atom. The van der Waals surface area contributed by atoms with E-state index in [4.69, 9.17) is 0 Å². The highest BCUT2D eigenvalue weighted by Gasteiger charge is 2.33. The van der Waals surface area contributed by atoms with Crippen molar-refractivity contribution in [3.8, 4) is 0 Å². The van der Waals surface area contributed by atoms with Crippen LogP contribution in [0.2, 0.25) is 0 Å². The molecular formula is C13H15F3N2O. The van der Waals surface area contributed by atoms with E-state index in [2.05, 4.69) is 5.32 Å². The molecule has 0 bridgehead atoms. The Kier molecular flexibility index (Phi) is 3.68. The van der Waals surface area contributed by atoms with Crippen LogP contribution in [0, 0.1) is 17.5 Å². The highest BCUT2D eigenvalue weighted by Crippen LogP contribution is 2.23. The predicted octanol–water partition coefficient (Wildman–Crippen LogP) is 2.53. The van der Waals surface area contributed by atoms with Crippen molar-refractivity contribution in [3.05, 3.63) is 29.6 Å². The molecule has 0 spiro atoms. The average Bonchev–Trinajstić information content (AvgIpc) is 2.68. The second-order valence-electron chi connectivity index (χ2n) is 4.86. The third-order valence-electron chi connectivity index (χ3n) is 3.20. The molecule has 0 aliphatic carbocycles. The molecule has 1 N–H and O–H groups in total. The van der Waals surface area contributed by atoms with E-state index in [0.717, 1.165) is 6.07 Å². The van der Waals surface area contributed by atoms with Crippen LogP contribution in [0.25, 0.3) is 0 Å². The topological polar surface area (TPSA) is 32.3 Å². The Hall–Kier alpha value is -1.72. The van der Waals surface area contributed by atoms with Crippen LogP contribution in [0.1, 0.15) is 20.3 Å². The van der Waals surface area contributed by atoms with Crippen LogP contribution in [0.5, 0.6) is 0 Å². The molecule has 0 saturated carbocycles. The van der Waals surface area contributed by atoms with Crippen LogP contribution < -0.4 is 5.32 Å². The first-order valence-corrected chi connectivity index (χ1v) is 6.11. The van der Waals surface area contributed by atoms with Gasteiger partial charge in [-0.1, -0.05) is 0 Å². The number of benzene rings is 1. The second-order valence-corrected chi connectivity index (χ2v) is 4.86. The van der Waals surface area contributed by atoms with Gasteiger partial charge >= 0.3 is 0 Å². The number of hydrogen-bond donors (Lipinski definition) is 1. The summed E-state index contributed by atoms with van der Waals surface area (Å²) < 4.78 is 39.3. The lowest BCUT2D eigenvalue weighted by Gasteiger charge is -2.21. The van der Waals surface area contributed by atoms with Crippen LogP contribution in [0.4, 0.5) is 18.9 Å². The lowest BCUT2D eigenvalue weighted by molar-refractivity contribution is -0.129. The zero-order valence-corrected chi connectivity index (χ0v) is 10.7. The van der Waals surface area contributed by atoms with Gasteiger partial charge < -0.3 is 10.2 Å². The number of rotatable bonds is 3. The van der Waals surface area contributed by atoms with Gasteiger partial charge in [-0.3, -0.25) is 4.79 Å². The normalized spacial score (nSPS) is 19.4. The van der Waals surface area contributed by atoms with Crippen molar-refractivity contribution in [2.45, 2.75) is 32.4 Å². The van der Waals surface area contributed by atoms with Gasteiger partial charge in [0.1, 0.15) is 11.9 Å². The number of carbonyl (C=O) groups is 1. The number of nitrogens with zero attached hydrogens (tertiary/aromatic N) is 1. The minimum Gasteiger partial charge on any atom is -0.371 e. The van der Waals surface area contributed by atoms with E-state index in [9.17, 15) is 18.0 Å². The summed E-state index contributed by atoms with van der Waals surface area (Å²) >= 11 is 0. The number of halogens is 3. The molecule has 19 heavy (non-hydrogen) atoms. The molecule has 6 heteroatoms. The Morgan fingerprint density at radius 3 is 2.42 bits per heavy atom. The maximum absolute atomic E-state index is 13.5. The fourth-order valence-electron chi connectivity index (χ4n) is 2.17. The van der Waals surface area contributed by atoms with E-state index >= 15 is 0 Å². The Labute approximate surface area is 109 Å². The van der Waals surface area contributed by atoms with Crippen LogP contribution in [-0.2, 0) is 4.79 Å². The molecule has 1 fully saturated rings. The van der Waals surface area contributed by atoms with Gasteiger partial charge in [-0.15, -0.1) is 0 Å². The summed E-state index contributed by atoms with van der Waals surface area (Å²) in [6.45, 7) is 4.34. The zero-order valence-electron chi connectivity index (χ0n) is 10.7. The summed E-state index contributed by atoms with van der Waals surface area (Å²) in [4.78, 5) is 13.6. The Balaban J connectivity index is 2.15. The molecule has 104 valence electrons. The summed E-state index contributed by atoms with van der Waals surface area (Å²) in [5.74, 6) is -3.45. The van der Waals surface area contributed by atoms with E-state index in [-0.39, 0.29) is 17.6 Å². The van der Waals surface area contributed by atoms with Gasteiger partial charge in [0.15, 0.2) is 11.6 Å². The molecule has 0 radical (unpaired) electrons. The van der Waals surface area contributed by atoms with E-state index in [1.807, 2.05) is 13.8 Å². The number of likely N-dealkylation sites (tertiary alicyclic amines) is 1. The highest BCUT2D eigenvalue weighted by molar-refractivity contribution is 5.87. The monoisotopic (exact) mass is 272 g/mol. The first-order chi connectivity index (χ1) is 8.90. The molecule has 0 unspecified atom stereocenters. The minimum absolute atomic E-state index is 0.0640. The Bertz CT molecular complexity index is 505. The molecule has 1 aromatic rings. The summed E-state index contributed by atoms with van der Waals surface area (Å²) in [6, 6.07) is 0.670. The molecule has 1 atom stereocenters. The van der Waals surface area contributed by atoms with Gasteiger partial charge in [-0.25, -0.2) is 13.2 Å². The van der Waals surface area contributed by atoms with E-state index in [1.165, 1.54) is 0 Å². The number of carbonyl (C=O) groups excluding carboxylic acids is 1. The quantitative estimate of drug-likeness (QED) is 0.858. The van der Waals surface area contributed by atoms with E-state index < -0.39 is 23.5 Å². The van der Waals surface area contributed by atoms with Crippen molar-refractivity contribution in [2.75, 3.05) is 11.9 Å². The average molecular weight is 272 g/mol. The zero-order chi connectivity index (χ0) is 14.2. The first-order valence-electron chi connectivity index (χ1n) is 6.11. The lowest BCUT2D eigenvalue weighted by Crippen LogP contribution is -2.37. The van der Waals surface area contributed by atoms with Crippen LogP contribution in [-0.4, -0.2) is 29.4 Å². The molecule has 1 aromatic carbocycles. The van der Waals surface area contributed by atoms with Crippen molar-refractivity contribution in [1.82, 2.24) is 4.90 Å². The smallest absolute Gasteiger partial charge is 0.245 e. The SMILES string of the molecule is CC(C)N1CC[C@@H](Nc2cc(F)c(F)cc2F)C1=O. The van der Waals surface area contributed by atoms with Gasteiger partial charge in [0.25, 0.3) is 0 Å². The first kappa shape index (κ1) is 13.7. The van der Waals surface area contributed by atoms with E-state index in [1.54, 1.807) is 4.90 Å². The van der Waals surface area contributed by atoms with Crippen molar-refractivity contribution in [3.63, 3.8) is 0 Å². The van der Waals surface area contributed by atoms with E-state index in [0.29, 0.717) is 19.0 Å². The van der Waals surface area contributed by atoms with Gasteiger partial charge in [-0.05, 0) is 20.3 Å². The van der Waals surface area contributed by atoms with Crippen molar-refractivity contribution >= 4 is 11.6 Å². The molecule has 2 rings (SSSR count). The summed E-state index contributed by atoms with van der Waals surface area (Å²) in [5, 5.41) is 2.64. The highest BCUT2D eigenvalue weighted by atomic mass is 19.2. The standard InChI is InChI=1S/C13H15F3N2O/c1-7(2)18-4-3-11(13(18)19)17-12-6-9(15)8(14)5-10(12)16/h5-7,11,17H,3-4H2,1-2H3/t11-/m1/s1. The molecule has 1 saturated heterocycles. The summed E-state index contributed by atoms with van der Waals surface area (Å²) in [7, 11) is 0. The molecular weight excluding hydrogens is 257 g/mol. The number of nitrogens with one attached hydrogen (secondary N) is 1. The largest absolute Gasteiger partial charge is 0.371 e. The molecule has 0 aromatic heterocycles. The van der Waals surface area contributed by atoms with Gasteiger partial charge in [0.05, 0.1) is 5.69 Å². The van der Waals surface area contributed by atoms with Crippen molar-refractivity contribution < 1.29 is 18.0 Å². The second kappa shape index (κ2) is 5.11. The maximum Gasteiger partial charge on any atom is 0.245 e. The third-order valence-corrected chi connectivity index (χ3v) is 3.20. The van der Waals surface area contributed by atoms with Crippen LogP contribution in [0.15, 0.2) is 12.1 Å². The predicted molar refractivity (Wildman–Crippen MR) is 65.2 cm³/mol. The van der Waals surface area contributed by atoms with Gasteiger partial charge in [0, 0.05) is 24.7 Å². The lowest BCUT2D eigenvalue weighted by atomic mass is 10.2. The third kappa shape index (κ3) is 2.67. The molecule has 1 amide bonds. The summed E-state index contributed by atoms with van der Waals surface area (Å²) in [5.41, 5.74) is -0.192. The van der Waals surface area contributed by atoms with Crippen molar-refractivity contribution in [2.24, 2.45) is 0 Å². The minimum atomic E-state index is -1.25. The molecule has 1 heterocycles. The number of amides is 1. The van der Waals surface area contributed by atoms with Crippen molar-refractivity contribution in [1.29, 1.82) is 0 Å². The number of hydrogen-bond acceptors (Lipinski definition) is 2. The fourth-order valence-corrected chi connectivity index (χ4v) is 2.17. The Morgan fingerprint density at radius 1 is 1.21 bits per heavy atom. The van der Waals surface area contributed by atoms with Crippen LogP contribution in [0.3, 0.4) is 0 Å². The molecule has 1 aliphatic heterocycles.